The van der Waals surface area contributed by atoms with E-state index in [2.05, 4.69) is 10.6 Å². The normalized spacial score (nSPS) is 10.2. The first-order valence-corrected chi connectivity index (χ1v) is 6.15. The Kier molecular flexibility index (Phi) is 6.02. The number of benzene rings is 1. The van der Waals surface area contributed by atoms with Crippen LogP contribution in [0.25, 0.3) is 0 Å². The van der Waals surface area contributed by atoms with Crippen LogP contribution in [0.2, 0.25) is 0 Å². The summed E-state index contributed by atoms with van der Waals surface area (Å²) in [6.07, 6.45) is 0.851. The van der Waals surface area contributed by atoms with E-state index in [4.69, 9.17) is 0 Å². The quantitative estimate of drug-likeness (QED) is 0.784. The highest BCUT2D eigenvalue weighted by molar-refractivity contribution is 5.94. The third-order valence-electron chi connectivity index (χ3n) is 2.46. The molecule has 2 amide bonds. The average Bonchev–Trinajstić information content (AvgIpc) is 2.41. The number of rotatable bonds is 6. The van der Waals surface area contributed by atoms with Crippen LogP contribution in [0.5, 0.6) is 0 Å². The van der Waals surface area contributed by atoms with Gasteiger partial charge in [0, 0.05) is 25.1 Å². The Bertz CT molecular complexity index is 483. The standard InChI is InChI=1S/C13H15F3N2O2/c1-2-4-17-11(19)3-5-18-13(20)8-6-9(14)12(16)10(15)7-8/h6-7H,2-5H2,1H3,(H,17,19)(H,18,20). The Morgan fingerprint density at radius 2 is 1.65 bits per heavy atom. The van der Waals surface area contributed by atoms with Crippen molar-refractivity contribution in [2.75, 3.05) is 13.1 Å². The molecule has 1 aromatic rings. The first-order chi connectivity index (χ1) is 9.45. The first kappa shape index (κ1) is 16.0. The minimum absolute atomic E-state index is 0.0228. The lowest BCUT2D eigenvalue weighted by molar-refractivity contribution is -0.120. The molecule has 110 valence electrons. The Labute approximate surface area is 114 Å². The van der Waals surface area contributed by atoms with Gasteiger partial charge in [0.05, 0.1) is 0 Å². The highest BCUT2D eigenvalue weighted by Gasteiger charge is 2.14. The average molecular weight is 288 g/mol. The zero-order valence-corrected chi connectivity index (χ0v) is 10.9. The van der Waals surface area contributed by atoms with Crippen molar-refractivity contribution in [2.45, 2.75) is 19.8 Å². The van der Waals surface area contributed by atoms with Crippen LogP contribution in [0.15, 0.2) is 12.1 Å². The molecule has 0 aliphatic heterocycles. The molecule has 0 aliphatic carbocycles. The second-order valence-electron chi connectivity index (χ2n) is 4.11. The summed E-state index contributed by atoms with van der Waals surface area (Å²) in [5.41, 5.74) is -0.338. The maximum Gasteiger partial charge on any atom is 0.251 e. The van der Waals surface area contributed by atoms with Gasteiger partial charge in [-0.2, -0.15) is 0 Å². The molecule has 4 nitrogen and oxygen atoms in total. The molecule has 0 spiro atoms. The predicted molar refractivity (Wildman–Crippen MR) is 66.6 cm³/mol. The van der Waals surface area contributed by atoms with Crippen molar-refractivity contribution < 1.29 is 22.8 Å². The van der Waals surface area contributed by atoms with Crippen LogP contribution in [-0.4, -0.2) is 24.9 Å². The monoisotopic (exact) mass is 288 g/mol. The number of hydrogen-bond donors (Lipinski definition) is 2. The Hall–Kier alpha value is -2.05. The minimum Gasteiger partial charge on any atom is -0.356 e. The van der Waals surface area contributed by atoms with Crippen LogP contribution in [0.3, 0.4) is 0 Å². The van der Waals surface area contributed by atoms with Crippen molar-refractivity contribution in [1.29, 1.82) is 0 Å². The fraction of sp³-hybridized carbons (Fsp3) is 0.385. The molecule has 7 heteroatoms. The lowest BCUT2D eigenvalue weighted by atomic mass is 10.2. The van der Waals surface area contributed by atoms with E-state index in [0.717, 1.165) is 6.42 Å². The molecule has 2 N–H and O–H groups in total. The largest absolute Gasteiger partial charge is 0.356 e. The third kappa shape index (κ3) is 4.56. The van der Waals surface area contributed by atoms with Crippen LogP contribution in [0, 0.1) is 17.5 Å². The van der Waals surface area contributed by atoms with E-state index in [1.807, 2.05) is 6.92 Å². The second kappa shape index (κ2) is 7.52. The summed E-state index contributed by atoms with van der Waals surface area (Å²) in [4.78, 5) is 22.8. The van der Waals surface area contributed by atoms with E-state index in [1.165, 1.54) is 0 Å². The van der Waals surface area contributed by atoms with Gasteiger partial charge in [-0.15, -0.1) is 0 Å². The van der Waals surface area contributed by atoms with Crippen LogP contribution >= 0.6 is 0 Å². The second-order valence-corrected chi connectivity index (χ2v) is 4.11. The van der Waals surface area contributed by atoms with Crippen molar-refractivity contribution in [3.05, 3.63) is 35.1 Å². The van der Waals surface area contributed by atoms with Crippen molar-refractivity contribution in [3.8, 4) is 0 Å². The van der Waals surface area contributed by atoms with Gasteiger partial charge in [0.1, 0.15) is 0 Å². The molecule has 0 bridgehead atoms. The summed E-state index contributed by atoms with van der Waals surface area (Å²) in [5.74, 6) is -5.50. The number of nitrogens with one attached hydrogen (secondary N) is 2. The molecule has 0 saturated heterocycles. The van der Waals surface area contributed by atoms with Crippen molar-refractivity contribution in [3.63, 3.8) is 0 Å². The molecule has 0 saturated carbocycles. The van der Waals surface area contributed by atoms with Crippen LogP contribution in [-0.2, 0) is 4.79 Å². The molecular formula is C13H15F3N2O2. The molecule has 20 heavy (non-hydrogen) atoms. The summed E-state index contributed by atoms with van der Waals surface area (Å²) in [7, 11) is 0. The highest BCUT2D eigenvalue weighted by Crippen LogP contribution is 2.13. The number of carbonyl (C=O) groups excluding carboxylic acids is 2. The summed E-state index contributed by atoms with van der Waals surface area (Å²) < 4.78 is 38.6. The summed E-state index contributed by atoms with van der Waals surface area (Å²) in [6, 6.07) is 1.20. The molecule has 0 unspecified atom stereocenters. The third-order valence-corrected chi connectivity index (χ3v) is 2.46. The lowest BCUT2D eigenvalue weighted by Crippen LogP contribution is -2.31. The highest BCUT2D eigenvalue weighted by atomic mass is 19.2. The maximum absolute atomic E-state index is 12.9. The minimum atomic E-state index is -1.62. The van der Waals surface area contributed by atoms with Gasteiger partial charge < -0.3 is 10.6 Å². The molecule has 0 radical (unpaired) electrons. The van der Waals surface area contributed by atoms with Gasteiger partial charge in [0.25, 0.3) is 5.91 Å². The van der Waals surface area contributed by atoms with Gasteiger partial charge in [0.15, 0.2) is 17.5 Å². The predicted octanol–water partition coefficient (Wildman–Crippen LogP) is 1.75. The van der Waals surface area contributed by atoms with Gasteiger partial charge in [0.2, 0.25) is 5.91 Å². The van der Waals surface area contributed by atoms with Gasteiger partial charge in [-0.3, -0.25) is 9.59 Å². The molecule has 0 aliphatic rings. The SMILES string of the molecule is CCCNC(=O)CCNC(=O)c1cc(F)c(F)c(F)c1. The van der Waals surface area contributed by atoms with Gasteiger partial charge in [-0.05, 0) is 18.6 Å². The van der Waals surface area contributed by atoms with E-state index in [1.54, 1.807) is 0 Å². The summed E-state index contributed by atoms with van der Waals surface area (Å²) in [5, 5.41) is 4.94. The first-order valence-electron chi connectivity index (χ1n) is 6.15. The van der Waals surface area contributed by atoms with Crippen molar-refractivity contribution >= 4 is 11.8 Å². The van der Waals surface area contributed by atoms with Gasteiger partial charge >= 0.3 is 0 Å². The Morgan fingerprint density at radius 3 is 2.20 bits per heavy atom. The van der Waals surface area contributed by atoms with E-state index < -0.39 is 23.4 Å². The summed E-state index contributed by atoms with van der Waals surface area (Å²) >= 11 is 0. The topological polar surface area (TPSA) is 58.2 Å². The smallest absolute Gasteiger partial charge is 0.251 e. The zero-order valence-electron chi connectivity index (χ0n) is 10.9. The summed E-state index contributed by atoms with van der Waals surface area (Å²) in [6.45, 7) is 2.47. The molecule has 0 aromatic heterocycles. The van der Waals surface area contributed by atoms with Crippen molar-refractivity contribution in [1.82, 2.24) is 10.6 Å². The van der Waals surface area contributed by atoms with E-state index >= 15 is 0 Å². The molecule has 0 atom stereocenters. The number of amides is 2. The van der Waals surface area contributed by atoms with Crippen LogP contribution in [0.4, 0.5) is 13.2 Å². The number of halogens is 3. The van der Waals surface area contributed by atoms with Crippen LogP contribution < -0.4 is 10.6 Å². The number of carbonyl (C=O) groups is 2. The van der Waals surface area contributed by atoms with E-state index in [0.29, 0.717) is 18.7 Å². The molecule has 1 rings (SSSR count). The van der Waals surface area contributed by atoms with Crippen molar-refractivity contribution in [2.24, 2.45) is 0 Å². The van der Waals surface area contributed by atoms with Crippen LogP contribution in [0.1, 0.15) is 30.1 Å². The van der Waals surface area contributed by atoms with E-state index in [-0.39, 0.29) is 24.4 Å². The Morgan fingerprint density at radius 1 is 1.05 bits per heavy atom. The molecular weight excluding hydrogens is 273 g/mol. The fourth-order valence-electron chi connectivity index (χ4n) is 1.43. The number of hydrogen-bond acceptors (Lipinski definition) is 2. The maximum atomic E-state index is 12.9. The Balaban J connectivity index is 2.49. The lowest BCUT2D eigenvalue weighted by Gasteiger charge is -2.06. The fourth-order valence-corrected chi connectivity index (χ4v) is 1.43. The van der Waals surface area contributed by atoms with Gasteiger partial charge in [-0.25, -0.2) is 13.2 Å². The van der Waals surface area contributed by atoms with E-state index in [9.17, 15) is 22.8 Å². The molecule has 0 heterocycles. The van der Waals surface area contributed by atoms with Gasteiger partial charge in [-0.1, -0.05) is 6.92 Å². The molecule has 0 fully saturated rings. The molecule has 1 aromatic carbocycles. The zero-order chi connectivity index (χ0) is 15.1.